The Bertz CT molecular complexity index is 1550. The average Bonchev–Trinajstić information content (AvgIpc) is 2.98. The van der Waals surface area contributed by atoms with Crippen molar-refractivity contribution in [3.63, 3.8) is 0 Å². The van der Waals surface area contributed by atoms with Gasteiger partial charge in [0.05, 0.1) is 11.1 Å². The number of carbonyl (C=O) groups is 4. The molecule has 264 valence electrons. The number of phenolic OH excluding ortho intramolecular Hbond substituents is 2. The van der Waals surface area contributed by atoms with Gasteiger partial charge in [0.25, 0.3) is 0 Å². The van der Waals surface area contributed by atoms with E-state index in [1.54, 1.807) is 52.0 Å². The van der Waals surface area contributed by atoms with Crippen molar-refractivity contribution in [2.75, 3.05) is 0 Å². The maximum Gasteiger partial charge on any atom is 0.171 e. The summed E-state index contributed by atoms with van der Waals surface area (Å²) >= 11 is 0. The number of aliphatic hydroxyl groups excluding tert-OH is 2. The molecule has 49 heavy (non-hydrogen) atoms. The standard InChI is InChI=1S/2C17H18O3.2C3H8O.Ti/c2*1-9-7-12-15(19)14-11(5-4-6-13(14)18)16(20)17(12,3)8-10(9)2;2*1-3(2)4;/h2*4-6,12,18H,7-8H2,1-3H3;2*3-4H,1-2H3;/t2*12-,17-;;;/m11.../s1. The predicted molar refractivity (Wildman–Crippen MR) is 187 cm³/mol. The van der Waals surface area contributed by atoms with Crippen LogP contribution in [0.4, 0.5) is 0 Å². The van der Waals surface area contributed by atoms with Crippen LogP contribution in [0.2, 0.25) is 0 Å². The first-order valence-corrected chi connectivity index (χ1v) is 16.7. The number of hydrogen-bond acceptors (Lipinski definition) is 8. The number of allylic oxidation sites excluding steroid dienone is 4. The van der Waals surface area contributed by atoms with E-state index in [2.05, 4.69) is 0 Å². The Hall–Kier alpha value is -3.17. The van der Waals surface area contributed by atoms with Gasteiger partial charge in [-0.05, 0) is 93.2 Å². The molecule has 2 aromatic rings. The van der Waals surface area contributed by atoms with E-state index < -0.39 is 10.8 Å². The molecule has 6 rings (SSSR count). The summed E-state index contributed by atoms with van der Waals surface area (Å²) in [5, 5.41) is 36.0. The van der Waals surface area contributed by atoms with Crippen LogP contribution in [0.3, 0.4) is 0 Å². The van der Waals surface area contributed by atoms with Crippen molar-refractivity contribution in [3.05, 3.63) is 80.9 Å². The van der Waals surface area contributed by atoms with Crippen LogP contribution in [0.25, 0.3) is 0 Å². The minimum absolute atomic E-state index is 0. The molecule has 9 heteroatoms. The molecule has 0 radical (unpaired) electrons. The number of benzene rings is 2. The Labute approximate surface area is 305 Å². The van der Waals surface area contributed by atoms with E-state index >= 15 is 0 Å². The summed E-state index contributed by atoms with van der Waals surface area (Å²) in [5.74, 6) is -1.06. The zero-order valence-corrected chi connectivity index (χ0v) is 32.1. The van der Waals surface area contributed by atoms with Crippen molar-refractivity contribution in [3.8, 4) is 11.5 Å². The Morgan fingerprint density at radius 1 is 0.592 bits per heavy atom. The molecule has 8 nitrogen and oxygen atoms in total. The van der Waals surface area contributed by atoms with E-state index in [1.165, 1.54) is 34.4 Å². The van der Waals surface area contributed by atoms with Gasteiger partial charge in [-0.1, -0.05) is 60.4 Å². The van der Waals surface area contributed by atoms with Gasteiger partial charge in [0.2, 0.25) is 0 Å². The summed E-state index contributed by atoms with van der Waals surface area (Å²) in [6, 6.07) is 9.50. The normalized spacial score (nSPS) is 25.3. The SMILES string of the molecule is CC(C)O.CC(C)O.CC1=C(C)C[C@@]2(C)C(=O)c3cccc(O)c3C(=O)[C@H]2C1.CC1=C(C)C[C@@]2(C)C(=O)c3cccc(O)c3C(=O)[C@H]2C1.[Ti]. The molecule has 0 saturated carbocycles. The van der Waals surface area contributed by atoms with Crippen LogP contribution in [-0.4, -0.2) is 55.8 Å². The molecule has 0 fully saturated rings. The molecule has 0 saturated heterocycles. The van der Waals surface area contributed by atoms with Crippen molar-refractivity contribution in [2.24, 2.45) is 22.7 Å². The molecule has 4 aliphatic rings. The number of hydrogen-bond donors (Lipinski definition) is 4. The van der Waals surface area contributed by atoms with Gasteiger partial charge < -0.3 is 20.4 Å². The fourth-order valence-corrected chi connectivity index (χ4v) is 7.24. The second-order valence-corrected chi connectivity index (χ2v) is 14.8. The second kappa shape index (κ2) is 16.2. The summed E-state index contributed by atoms with van der Waals surface area (Å²) in [4.78, 5) is 51.2. The number of carbonyl (C=O) groups excluding carboxylic acids is 4. The predicted octanol–water partition coefficient (Wildman–Crippen LogP) is 7.82. The first kappa shape index (κ1) is 42.0. The summed E-state index contributed by atoms with van der Waals surface area (Å²) in [6.45, 7) is 18.8. The fraction of sp³-hybridized carbons (Fsp3) is 0.500. The third-order valence-corrected chi connectivity index (χ3v) is 10.0. The average molecular weight is 709 g/mol. The van der Waals surface area contributed by atoms with E-state index in [4.69, 9.17) is 10.2 Å². The number of ketones is 4. The van der Waals surface area contributed by atoms with E-state index in [1.807, 2.05) is 41.5 Å². The molecule has 0 heterocycles. The third-order valence-electron chi connectivity index (χ3n) is 10.0. The molecule has 4 N–H and O–H groups in total. The molecule has 2 aromatic carbocycles. The van der Waals surface area contributed by atoms with Crippen LogP contribution >= 0.6 is 0 Å². The van der Waals surface area contributed by atoms with Gasteiger partial charge in [0.1, 0.15) is 11.5 Å². The van der Waals surface area contributed by atoms with Crippen molar-refractivity contribution in [1.82, 2.24) is 0 Å². The molecule has 0 bridgehead atoms. The Morgan fingerprint density at radius 2 is 0.878 bits per heavy atom. The molecule has 0 spiro atoms. The van der Waals surface area contributed by atoms with Crippen LogP contribution in [-0.2, 0) is 21.7 Å². The molecule has 4 atom stereocenters. The van der Waals surface area contributed by atoms with Gasteiger partial charge in [0.15, 0.2) is 23.1 Å². The smallest absolute Gasteiger partial charge is 0.171 e. The van der Waals surface area contributed by atoms with Crippen molar-refractivity contribution < 1.29 is 61.3 Å². The number of aromatic hydroxyl groups is 2. The maximum atomic E-state index is 12.8. The van der Waals surface area contributed by atoms with E-state index in [-0.39, 0.29) is 91.5 Å². The van der Waals surface area contributed by atoms with Crippen molar-refractivity contribution in [1.29, 1.82) is 0 Å². The van der Waals surface area contributed by atoms with Crippen LogP contribution in [0.15, 0.2) is 58.7 Å². The van der Waals surface area contributed by atoms with Gasteiger partial charge in [-0.25, -0.2) is 0 Å². The molecule has 0 aromatic heterocycles. The number of fused-ring (bicyclic) bond motifs is 4. The Balaban J connectivity index is 0.000000275. The van der Waals surface area contributed by atoms with E-state index in [0.717, 1.165) is 0 Å². The fourth-order valence-electron chi connectivity index (χ4n) is 7.24. The largest absolute Gasteiger partial charge is 0.507 e. The monoisotopic (exact) mass is 708 g/mol. The minimum atomic E-state index is -0.665. The van der Waals surface area contributed by atoms with Crippen LogP contribution in [0.1, 0.15) is 136 Å². The first-order valence-electron chi connectivity index (χ1n) is 16.7. The zero-order chi connectivity index (χ0) is 36.5. The van der Waals surface area contributed by atoms with Gasteiger partial charge in [0, 0.05) is 67.7 Å². The number of rotatable bonds is 0. The molecule has 0 aliphatic heterocycles. The quantitative estimate of drug-likeness (QED) is 0.160. The first-order chi connectivity index (χ1) is 22.2. The molecule has 0 amide bonds. The van der Waals surface area contributed by atoms with Crippen molar-refractivity contribution in [2.45, 2.75) is 107 Å². The Kier molecular flexibility index (Phi) is 13.9. The topological polar surface area (TPSA) is 149 Å². The molecular weight excluding hydrogens is 656 g/mol. The number of Topliss-reactive ketones (excluding diaryl/α,β-unsaturated/α-hetero) is 4. The number of aliphatic hydroxyl groups is 2. The van der Waals surface area contributed by atoms with Crippen LogP contribution in [0.5, 0.6) is 11.5 Å². The summed E-state index contributed by atoms with van der Waals surface area (Å²) in [5.41, 5.74) is 4.63. The molecule has 4 aliphatic carbocycles. The summed E-state index contributed by atoms with van der Waals surface area (Å²) < 4.78 is 0. The van der Waals surface area contributed by atoms with Gasteiger partial charge in [-0.2, -0.15) is 0 Å². The van der Waals surface area contributed by atoms with Crippen molar-refractivity contribution >= 4 is 23.1 Å². The summed E-state index contributed by atoms with van der Waals surface area (Å²) in [7, 11) is 0. The third kappa shape index (κ3) is 8.42. The maximum absolute atomic E-state index is 12.8. The minimum Gasteiger partial charge on any atom is -0.507 e. The van der Waals surface area contributed by atoms with Crippen LogP contribution < -0.4 is 0 Å². The Morgan fingerprint density at radius 3 is 1.16 bits per heavy atom. The van der Waals surface area contributed by atoms with E-state index in [9.17, 15) is 29.4 Å². The van der Waals surface area contributed by atoms with E-state index in [0.29, 0.717) is 36.8 Å². The summed E-state index contributed by atoms with van der Waals surface area (Å²) in [6.07, 6.45) is 2.15. The van der Waals surface area contributed by atoms with Gasteiger partial charge in [-0.15, -0.1) is 0 Å². The van der Waals surface area contributed by atoms with Gasteiger partial charge in [-0.3, -0.25) is 19.2 Å². The second-order valence-electron chi connectivity index (χ2n) is 14.8. The van der Waals surface area contributed by atoms with Gasteiger partial charge >= 0.3 is 0 Å². The zero-order valence-electron chi connectivity index (χ0n) is 30.5. The number of phenols is 2. The molecule has 0 unspecified atom stereocenters. The van der Waals surface area contributed by atoms with Crippen LogP contribution in [0, 0.1) is 22.7 Å². The molecular formula is C40H52O8Ti.